The number of para-hydroxylation sites is 1. The molecule has 0 fully saturated rings. The predicted octanol–water partition coefficient (Wildman–Crippen LogP) is 5.80. The van der Waals surface area contributed by atoms with Crippen molar-refractivity contribution in [3.05, 3.63) is 84.4 Å². The number of anilines is 1. The molecule has 0 amide bonds. The first-order valence-electron chi connectivity index (χ1n) is 8.11. The molecule has 1 heterocycles. The van der Waals surface area contributed by atoms with Crippen LogP contribution < -0.4 is 5.43 Å². The largest absolute Gasteiger partial charge is 0.252 e. The van der Waals surface area contributed by atoms with Crippen molar-refractivity contribution in [2.24, 2.45) is 5.10 Å². The van der Waals surface area contributed by atoms with Crippen LogP contribution in [0.25, 0.3) is 21.3 Å². The molecule has 4 heteroatoms. The van der Waals surface area contributed by atoms with Gasteiger partial charge in [-0.1, -0.05) is 78.1 Å². The van der Waals surface area contributed by atoms with Gasteiger partial charge in [-0.05, 0) is 35.7 Å². The van der Waals surface area contributed by atoms with Crippen molar-refractivity contribution >= 4 is 32.4 Å². The van der Waals surface area contributed by atoms with Crippen LogP contribution in [0.2, 0.25) is 0 Å². The van der Waals surface area contributed by atoms with Crippen molar-refractivity contribution < 1.29 is 0 Å². The molecule has 4 rings (SSSR count). The van der Waals surface area contributed by atoms with E-state index in [2.05, 4.69) is 70.1 Å². The summed E-state index contributed by atoms with van der Waals surface area (Å²) < 4.78 is 1.16. The Labute approximate surface area is 150 Å². The van der Waals surface area contributed by atoms with E-state index in [0.29, 0.717) is 0 Å². The molecule has 0 aliphatic carbocycles. The van der Waals surface area contributed by atoms with Crippen molar-refractivity contribution in [3.63, 3.8) is 0 Å². The van der Waals surface area contributed by atoms with Gasteiger partial charge in [-0.2, -0.15) is 5.10 Å². The second-order valence-corrected chi connectivity index (χ2v) is 6.77. The van der Waals surface area contributed by atoms with Crippen LogP contribution in [0.1, 0.15) is 12.5 Å². The first-order chi connectivity index (χ1) is 12.3. The molecule has 0 radical (unpaired) electrons. The van der Waals surface area contributed by atoms with Crippen molar-refractivity contribution in [2.75, 3.05) is 5.43 Å². The summed E-state index contributed by atoms with van der Waals surface area (Å²) in [6.07, 6.45) is 0. The van der Waals surface area contributed by atoms with Gasteiger partial charge in [-0.3, -0.25) is 5.43 Å². The van der Waals surface area contributed by atoms with Gasteiger partial charge in [0.15, 0.2) is 0 Å². The zero-order chi connectivity index (χ0) is 17.1. The van der Waals surface area contributed by atoms with E-state index in [0.717, 1.165) is 26.6 Å². The molecule has 0 spiro atoms. The van der Waals surface area contributed by atoms with Gasteiger partial charge in [0.1, 0.15) is 0 Å². The van der Waals surface area contributed by atoms with Crippen LogP contribution in [-0.4, -0.2) is 10.7 Å². The van der Waals surface area contributed by atoms with Gasteiger partial charge in [0.05, 0.1) is 15.9 Å². The average Bonchev–Trinajstić information content (AvgIpc) is 3.10. The summed E-state index contributed by atoms with van der Waals surface area (Å²) >= 11 is 1.60. The van der Waals surface area contributed by atoms with Crippen LogP contribution in [0.15, 0.2) is 84.0 Å². The lowest BCUT2D eigenvalue weighted by molar-refractivity contribution is 1.29. The van der Waals surface area contributed by atoms with Gasteiger partial charge in [0.25, 0.3) is 0 Å². The number of fused-ring (bicyclic) bond motifs is 1. The standard InChI is InChI=1S/C21H17N3S/c1-15(23-24-21-22-19-9-5-6-10-20(19)25-21)16-11-13-18(14-12-16)17-7-3-2-4-8-17/h2-14H,1H3,(H,22,24)/b23-15-. The van der Waals surface area contributed by atoms with E-state index in [1.807, 2.05) is 31.2 Å². The number of hydrogen-bond acceptors (Lipinski definition) is 4. The number of hydrogen-bond donors (Lipinski definition) is 1. The second kappa shape index (κ2) is 6.87. The third kappa shape index (κ3) is 3.44. The highest BCUT2D eigenvalue weighted by molar-refractivity contribution is 7.22. The lowest BCUT2D eigenvalue weighted by atomic mass is 10.0. The van der Waals surface area contributed by atoms with Crippen LogP contribution >= 0.6 is 11.3 Å². The summed E-state index contributed by atoms with van der Waals surface area (Å²) in [5.41, 5.74) is 8.51. The number of rotatable bonds is 4. The van der Waals surface area contributed by atoms with Crippen molar-refractivity contribution in [3.8, 4) is 11.1 Å². The van der Waals surface area contributed by atoms with Crippen LogP contribution in [0.3, 0.4) is 0 Å². The molecule has 1 N–H and O–H groups in total. The van der Waals surface area contributed by atoms with Gasteiger partial charge in [-0.25, -0.2) is 4.98 Å². The first-order valence-corrected chi connectivity index (χ1v) is 8.93. The molecular weight excluding hydrogens is 326 g/mol. The van der Waals surface area contributed by atoms with Crippen molar-refractivity contribution in [2.45, 2.75) is 6.92 Å². The predicted molar refractivity (Wildman–Crippen MR) is 107 cm³/mol. The molecular formula is C21H17N3S. The molecule has 0 unspecified atom stereocenters. The quantitative estimate of drug-likeness (QED) is 0.375. The monoisotopic (exact) mass is 343 g/mol. The molecule has 122 valence electrons. The summed E-state index contributed by atoms with van der Waals surface area (Å²) in [4.78, 5) is 4.53. The third-order valence-electron chi connectivity index (χ3n) is 4.02. The summed E-state index contributed by atoms with van der Waals surface area (Å²) in [6, 6.07) is 26.9. The van der Waals surface area contributed by atoms with E-state index < -0.39 is 0 Å². The zero-order valence-electron chi connectivity index (χ0n) is 13.8. The lowest BCUT2D eigenvalue weighted by Crippen LogP contribution is -1.99. The maximum absolute atomic E-state index is 4.53. The Hall–Kier alpha value is -2.98. The van der Waals surface area contributed by atoms with Crippen molar-refractivity contribution in [1.82, 2.24) is 4.98 Å². The van der Waals surface area contributed by atoms with Crippen molar-refractivity contribution in [1.29, 1.82) is 0 Å². The van der Waals surface area contributed by atoms with Crippen LogP contribution in [0, 0.1) is 0 Å². The maximum Gasteiger partial charge on any atom is 0.204 e. The lowest BCUT2D eigenvalue weighted by Gasteiger charge is -2.04. The van der Waals surface area contributed by atoms with E-state index in [4.69, 9.17) is 0 Å². The smallest absolute Gasteiger partial charge is 0.204 e. The van der Waals surface area contributed by atoms with E-state index in [9.17, 15) is 0 Å². The molecule has 0 bridgehead atoms. The summed E-state index contributed by atoms with van der Waals surface area (Å²) in [6.45, 7) is 2.00. The van der Waals surface area contributed by atoms with Gasteiger partial charge in [0, 0.05) is 0 Å². The Kier molecular flexibility index (Phi) is 4.27. The number of benzene rings is 3. The van der Waals surface area contributed by atoms with Gasteiger partial charge >= 0.3 is 0 Å². The number of hydrazone groups is 1. The second-order valence-electron chi connectivity index (χ2n) is 5.74. The number of nitrogens with zero attached hydrogens (tertiary/aromatic N) is 2. The summed E-state index contributed by atoms with van der Waals surface area (Å²) in [5, 5.41) is 5.28. The SMILES string of the molecule is C/C(=N/Nc1nc2ccccc2s1)c1ccc(-c2ccccc2)cc1. The highest BCUT2D eigenvalue weighted by atomic mass is 32.1. The summed E-state index contributed by atoms with van der Waals surface area (Å²) in [7, 11) is 0. The number of aromatic nitrogens is 1. The Morgan fingerprint density at radius 3 is 2.28 bits per heavy atom. The van der Waals surface area contributed by atoms with Crippen LogP contribution in [0.5, 0.6) is 0 Å². The Morgan fingerprint density at radius 2 is 1.52 bits per heavy atom. The Balaban J connectivity index is 1.51. The van der Waals surface area contributed by atoms with E-state index in [1.54, 1.807) is 11.3 Å². The minimum Gasteiger partial charge on any atom is -0.252 e. The maximum atomic E-state index is 4.53. The molecule has 1 aromatic heterocycles. The molecule has 25 heavy (non-hydrogen) atoms. The molecule has 0 saturated heterocycles. The van der Waals surface area contributed by atoms with Gasteiger partial charge in [0.2, 0.25) is 5.13 Å². The Morgan fingerprint density at radius 1 is 0.840 bits per heavy atom. The van der Waals surface area contributed by atoms with E-state index in [-0.39, 0.29) is 0 Å². The minimum absolute atomic E-state index is 0.807. The zero-order valence-corrected chi connectivity index (χ0v) is 14.6. The molecule has 4 aromatic rings. The van der Waals surface area contributed by atoms with E-state index in [1.165, 1.54) is 11.1 Å². The molecule has 0 saturated carbocycles. The highest BCUT2D eigenvalue weighted by Crippen LogP contribution is 2.25. The van der Waals surface area contributed by atoms with Crippen LogP contribution in [-0.2, 0) is 0 Å². The minimum atomic E-state index is 0.807. The van der Waals surface area contributed by atoms with Crippen LogP contribution in [0.4, 0.5) is 5.13 Å². The fourth-order valence-electron chi connectivity index (χ4n) is 2.65. The third-order valence-corrected chi connectivity index (χ3v) is 4.96. The van der Waals surface area contributed by atoms with Gasteiger partial charge < -0.3 is 0 Å². The fourth-order valence-corrected chi connectivity index (χ4v) is 3.46. The molecule has 3 aromatic carbocycles. The average molecular weight is 343 g/mol. The topological polar surface area (TPSA) is 37.3 Å². The molecule has 0 aliphatic rings. The molecule has 3 nitrogen and oxygen atoms in total. The summed E-state index contributed by atoms with van der Waals surface area (Å²) in [5.74, 6) is 0. The Bertz CT molecular complexity index is 985. The van der Waals surface area contributed by atoms with E-state index >= 15 is 0 Å². The normalized spacial score (nSPS) is 11.6. The molecule has 0 aliphatic heterocycles. The highest BCUT2D eigenvalue weighted by Gasteiger charge is 2.03. The first kappa shape index (κ1) is 15.5. The fraction of sp³-hybridized carbons (Fsp3) is 0.0476. The number of nitrogens with one attached hydrogen (secondary N) is 1. The molecule has 0 atom stereocenters. The number of thiazole rings is 1. The van der Waals surface area contributed by atoms with Gasteiger partial charge in [-0.15, -0.1) is 0 Å².